The highest BCUT2D eigenvalue weighted by atomic mass is 32.2. The van der Waals surface area contributed by atoms with Crippen LogP contribution in [0.25, 0.3) is 0 Å². The average molecular weight is 359 g/mol. The predicted octanol–water partition coefficient (Wildman–Crippen LogP) is 3.09. The molecule has 0 aliphatic carbocycles. The van der Waals surface area contributed by atoms with Gasteiger partial charge in [-0.2, -0.15) is 8.42 Å². The van der Waals surface area contributed by atoms with Crippen molar-refractivity contribution in [3.63, 3.8) is 0 Å². The quantitative estimate of drug-likeness (QED) is 0.398. The Morgan fingerprint density at radius 2 is 1.75 bits per heavy atom. The van der Waals surface area contributed by atoms with Gasteiger partial charge in [-0.25, -0.2) is 0 Å². The summed E-state index contributed by atoms with van der Waals surface area (Å²) in [7, 11) is -4.02. The van der Waals surface area contributed by atoms with Crippen LogP contribution in [0.5, 0.6) is 0 Å². The highest BCUT2D eigenvalue weighted by Crippen LogP contribution is 2.08. The average Bonchev–Trinajstić information content (AvgIpc) is 2.52. The van der Waals surface area contributed by atoms with Gasteiger partial charge in [-0.15, -0.1) is 0 Å². The van der Waals surface area contributed by atoms with Crippen LogP contribution < -0.4 is 5.73 Å². The molecule has 0 spiro atoms. The van der Waals surface area contributed by atoms with Gasteiger partial charge in [0.05, 0.1) is 11.5 Å². The van der Waals surface area contributed by atoms with Crippen molar-refractivity contribution >= 4 is 16.1 Å². The van der Waals surface area contributed by atoms with E-state index in [0.29, 0.717) is 19.6 Å². The Kier molecular flexibility index (Phi) is 12.1. The first-order valence-corrected chi connectivity index (χ1v) is 9.65. The normalized spacial score (nSPS) is 10.7. The number of rotatable bonds is 9. The summed E-state index contributed by atoms with van der Waals surface area (Å²) in [5.74, 6) is -0.0644. The number of hydrogen-bond donors (Lipinski definition) is 2. The Morgan fingerprint density at radius 1 is 1.12 bits per heavy atom. The molecular weight excluding hydrogens is 330 g/mol. The van der Waals surface area contributed by atoms with Crippen LogP contribution in [0.3, 0.4) is 0 Å². The van der Waals surface area contributed by atoms with Crippen molar-refractivity contribution in [2.24, 2.45) is 5.73 Å². The van der Waals surface area contributed by atoms with Crippen LogP contribution in [0.15, 0.2) is 29.2 Å². The first-order valence-electron chi connectivity index (χ1n) is 8.21. The van der Waals surface area contributed by atoms with Gasteiger partial charge in [-0.1, -0.05) is 37.5 Å². The van der Waals surface area contributed by atoms with Crippen LogP contribution in [0.4, 0.5) is 0 Å². The molecule has 0 aliphatic heterocycles. The fourth-order valence-electron chi connectivity index (χ4n) is 1.70. The standard InChI is InChI=1S/C10H21NO2.C7H8O3S/c1-2-3-9-13-10(12)7-5-4-6-8-11;1-6-2-4-7(5-3-6)11(8,9)10/h2-9,11H2,1H3;2-5H,1H3,(H,8,9,10). The third kappa shape index (κ3) is 12.0. The predicted molar refractivity (Wildman–Crippen MR) is 94.4 cm³/mol. The highest BCUT2D eigenvalue weighted by molar-refractivity contribution is 7.85. The van der Waals surface area contributed by atoms with Gasteiger partial charge in [0.1, 0.15) is 0 Å². The van der Waals surface area contributed by atoms with Gasteiger partial charge in [0.25, 0.3) is 10.1 Å². The fourth-order valence-corrected chi connectivity index (χ4v) is 2.18. The van der Waals surface area contributed by atoms with Gasteiger partial charge in [-0.3, -0.25) is 9.35 Å². The maximum absolute atomic E-state index is 11.0. The third-order valence-electron chi connectivity index (χ3n) is 3.16. The highest BCUT2D eigenvalue weighted by Gasteiger charge is 2.06. The molecular formula is C17H29NO5S. The molecule has 1 aromatic carbocycles. The van der Waals surface area contributed by atoms with E-state index in [9.17, 15) is 13.2 Å². The summed E-state index contributed by atoms with van der Waals surface area (Å²) in [6.45, 7) is 5.21. The third-order valence-corrected chi connectivity index (χ3v) is 4.03. The molecule has 0 bridgehead atoms. The molecule has 0 heterocycles. The smallest absolute Gasteiger partial charge is 0.305 e. The van der Waals surface area contributed by atoms with Crippen LogP contribution in [-0.2, 0) is 19.6 Å². The zero-order valence-electron chi connectivity index (χ0n) is 14.5. The van der Waals surface area contributed by atoms with Crippen molar-refractivity contribution in [3.8, 4) is 0 Å². The lowest BCUT2D eigenvalue weighted by Crippen LogP contribution is -2.06. The van der Waals surface area contributed by atoms with Crippen LogP contribution in [0.1, 0.15) is 51.0 Å². The maximum atomic E-state index is 11.0. The van der Waals surface area contributed by atoms with Gasteiger partial charge >= 0.3 is 5.97 Å². The summed E-state index contributed by atoms with van der Waals surface area (Å²) in [4.78, 5) is 11.0. The summed E-state index contributed by atoms with van der Waals surface area (Å²) >= 11 is 0. The molecule has 138 valence electrons. The molecule has 1 aromatic rings. The first kappa shape index (κ1) is 22.6. The summed E-state index contributed by atoms with van der Waals surface area (Å²) in [6.07, 6.45) is 5.52. The monoisotopic (exact) mass is 359 g/mol. The summed E-state index contributed by atoms with van der Waals surface area (Å²) in [6, 6.07) is 5.99. The molecule has 0 saturated heterocycles. The minimum Gasteiger partial charge on any atom is -0.466 e. The molecule has 0 amide bonds. The van der Waals surface area contributed by atoms with E-state index in [2.05, 4.69) is 6.92 Å². The second kappa shape index (κ2) is 12.9. The number of benzene rings is 1. The van der Waals surface area contributed by atoms with Crippen molar-refractivity contribution < 1.29 is 22.5 Å². The summed E-state index contributed by atoms with van der Waals surface area (Å²) < 4.78 is 34.5. The topological polar surface area (TPSA) is 107 Å². The molecule has 24 heavy (non-hydrogen) atoms. The SMILES string of the molecule is CCCCOC(=O)CCCCCN.Cc1ccc(S(=O)(=O)O)cc1. The van der Waals surface area contributed by atoms with E-state index in [1.807, 2.05) is 6.92 Å². The number of carbonyl (C=O) groups is 1. The van der Waals surface area contributed by atoms with E-state index in [0.717, 1.165) is 37.7 Å². The van der Waals surface area contributed by atoms with Crippen molar-refractivity contribution in [3.05, 3.63) is 29.8 Å². The zero-order valence-corrected chi connectivity index (χ0v) is 15.3. The van der Waals surface area contributed by atoms with Crippen LogP contribution >= 0.6 is 0 Å². The summed E-state index contributed by atoms with van der Waals surface area (Å²) in [5.41, 5.74) is 6.28. The maximum Gasteiger partial charge on any atom is 0.305 e. The second-order valence-corrected chi connectivity index (χ2v) is 6.88. The number of hydrogen-bond acceptors (Lipinski definition) is 5. The van der Waals surface area contributed by atoms with E-state index < -0.39 is 10.1 Å². The molecule has 3 N–H and O–H groups in total. The molecule has 0 aliphatic rings. The Balaban J connectivity index is 0.000000446. The van der Waals surface area contributed by atoms with Gasteiger partial charge in [0, 0.05) is 6.42 Å². The van der Waals surface area contributed by atoms with Crippen LogP contribution in [-0.4, -0.2) is 32.1 Å². The fraction of sp³-hybridized carbons (Fsp3) is 0.588. The van der Waals surface area contributed by atoms with Crippen molar-refractivity contribution in [1.29, 1.82) is 0 Å². The number of nitrogens with two attached hydrogens (primary N) is 1. The molecule has 6 nitrogen and oxygen atoms in total. The number of esters is 1. The zero-order chi connectivity index (χ0) is 18.4. The lowest BCUT2D eigenvalue weighted by Gasteiger charge is -2.02. The van der Waals surface area contributed by atoms with E-state index in [1.54, 1.807) is 12.1 Å². The molecule has 0 radical (unpaired) electrons. The Bertz CT molecular complexity index is 555. The number of ether oxygens (including phenoxy) is 1. The lowest BCUT2D eigenvalue weighted by atomic mass is 10.2. The van der Waals surface area contributed by atoms with E-state index >= 15 is 0 Å². The largest absolute Gasteiger partial charge is 0.466 e. The van der Waals surface area contributed by atoms with Gasteiger partial charge in [-0.05, 0) is 44.9 Å². The van der Waals surface area contributed by atoms with Crippen molar-refractivity contribution in [2.45, 2.75) is 57.3 Å². The summed E-state index contributed by atoms with van der Waals surface area (Å²) in [5, 5.41) is 0. The molecule has 0 fully saturated rings. The van der Waals surface area contributed by atoms with Crippen LogP contribution in [0, 0.1) is 6.92 Å². The van der Waals surface area contributed by atoms with Gasteiger partial charge in [0.15, 0.2) is 0 Å². The Hall–Kier alpha value is -1.44. The molecule has 0 saturated carbocycles. The van der Waals surface area contributed by atoms with Gasteiger partial charge in [0.2, 0.25) is 0 Å². The second-order valence-electron chi connectivity index (χ2n) is 5.46. The number of aryl methyl sites for hydroxylation is 1. The molecule has 0 aromatic heterocycles. The van der Waals surface area contributed by atoms with E-state index in [-0.39, 0.29) is 10.9 Å². The van der Waals surface area contributed by atoms with Crippen molar-refractivity contribution in [1.82, 2.24) is 0 Å². The van der Waals surface area contributed by atoms with Gasteiger partial charge < -0.3 is 10.5 Å². The molecule has 0 atom stereocenters. The first-order chi connectivity index (χ1) is 11.3. The van der Waals surface area contributed by atoms with E-state index in [1.165, 1.54) is 12.1 Å². The molecule has 7 heteroatoms. The molecule has 0 unspecified atom stereocenters. The minimum atomic E-state index is -4.02. The number of unbranched alkanes of at least 4 members (excludes halogenated alkanes) is 3. The Labute approximate surface area is 145 Å². The van der Waals surface area contributed by atoms with E-state index in [4.69, 9.17) is 15.0 Å². The van der Waals surface area contributed by atoms with Crippen LogP contribution in [0.2, 0.25) is 0 Å². The molecule has 1 rings (SSSR count). The lowest BCUT2D eigenvalue weighted by molar-refractivity contribution is -0.143. The minimum absolute atomic E-state index is 0.0644. The number of carbonyl (C=O) groups excluding carboxylic acids is 1. The Morgan fingerprint density at radius 3 is 2.25 bits per heavy atom. The van der Waals surface area contributed by atoms with Crippen molar-refractivity contribution in [2.75, 3.05) is 13.2 Å².